The molecule has 16 heavy (non-hydrogen) atoms. The van der Waals surface area contributed by atoms with Gasteiger partial charge in [0.15, 0.2) is 0 Å². The van der Waals surface area contributed by atoms with E-state index in [-0.39, 0.29) is 5.91 Å². The van der Waals surface area contributed by atoms with E-state index in [1.54, 1.807) is 24.3 Å². The first kappa shape index (κ1) is 10.8. The lowest BCUT2D eigenvalue weighted by atomic mass is 10.1. The molecule has 0 radical (unpaired) electrons. The van der Waals surface area contributed by atoms with Gasteiger partial charge in [-0.25, -0.2) is 4.99 Å². The fourth-order valence-corrected chi connectivity index (χ4v) is 1.59. The number of rotatable bonds is 1. The van der Waals surface area contributed by atoms with Crippen LogP contribution in [0.4, 0.5) is 0 Å². The van der Waals surface area contributed by atoms with Crippen molar-refractivity contribution in [2.75, 3.05) is 0 Å². The van der Waals surface area contributed by atoms with Crippen LogP contribution in [-0.2, 0) is 0 Å². The second kappa shape index (κ2) is 4.90. The fraction of sp³-hybridized carbons (Fsp3) is 0.0769. The van der Waals surface area contributed by atoms with E-state index in [2.05, 4.69) is 4.99 Å². The number of carbonyl (C=O) groups excluding carboxylic acids is 1. The van der Waals surface area contributed by atoms with Crippen LogP contribution in [0, 0.1) is 0 Å². The number of aliphatic imine (C=N–C) groups is 1. The third kappa shape index (κ3) is 2.67. The molecule has 0 saturated carbocycles. The minimum absolute atomic E-state index is 0.252. The summed E-state index contributed by atoms with van der Waals surface area (Å²) in [5, 5.41) is 0.546. The van der Waals surface area contributed by atoms with Crippen molar-refractivity contribution in [2.45, 2.75) is 6.42 Å². The summed E-state index contributed by atoms with van der Waals surface area (Å²) in [6, 6.07) is 6.80. The Hall–Kier alpha value is -1.67. The van der Waals surface area contributed by atoms with E-state index in [9.17, 15) is 4.79 Å². The van der Waals surface area contributed by atoms with E-state index in [1.165, 1.54) is 0 Å². The molecule has 0 aliphatic heterocycles. The number of amides is 1. The van der Waals surface area contributed by atoms with Crippen LogP contribution in [0.5, 0.6) is 0 Å². The standard InChI is InChI=1S/C13H10ClNO/c14-11-6-4-5-10(9-11)13(16)15-12-7-2-1-3-8-12/h1-7,9H,8H2. The van der Waals surface area contributed by atoms with Crippen LogP contribution in [-0.4, -0.2) is 11.6 Å². The minimum atomic E-state index is -0.252. The Kier molecular flexibility index (Phi) is 3.32. The lowest BCUT2D eigenvalue weighted by Crippen LogP contribution is -2.02. The maximum absolute atomic E-state index is 11.8. The van der Waals surface area contributed by atoms with Crippen molar-refractivity contribution in [3.05, 3.63) is 59.2 Å². The summed E-state index contributed by atoms with van der Waals surface area (Å²) in [4.78, 5) is 15.8. The van der Waals surface area contributed by atoms with Gasteiger partial charge in [-0.1, -0.05) is 35.9 Å². The van der Waals surface area contributed by atoms with Gasteiger partial charge < -0.3 is 0 Å². The lowest BCUT2D eigenvalue weighted by molar-refractivity contribution is 0.100. The molecule has 1 aliphatic carbocycles. The Balaban J connectivity index is 2.20. The SMILES string of the molecule is O=C(N=C1C=CC=CC1)c1cccc(Cl)c1. The summed E-state index contributed by atoms with van der Waals surface area (Å²) in [5.74, 6) is -0.252. The summed E-state index contributed by atoms with van der Waals surface area (Å²) < 4.78 is 0. The molecule has 1 aromatic carbocycles. The van der Waals surface area contributed by atoms with Gasteiger partial charge in [-0.2, -0.15) is 0 Å². The van der Waals surface area contributed by atoms with Crippen LogP contribution < -0.4 is 0 Å². The molecule has 1 aliphatic rings. The first-order chi connectivity index (χ1) is 7.75. The Morgan fingerprint density at radius 1 is 1.31 bits per heavy atom. The summed E-state index contributed by atoms with van der Waals surface area (Å²) >= 11 is 5.81. The second-order valence-electron chi connectivity index (χ2n) is 3.41. The number of halogens is 1. The molecular formula is C13H10ClNO. The molecule has 1 amide bonds. The maximum atomic E-state index is 11.8. The number of nitrogens with zero attached hydrogens (tertiary/aromatic N) is 1. The zero-order valence-electron chi connectivity index (χ0n) is 8.56. The van der Waals surface area contributed by atoms with Crippen molar-refractivity contribution < 1.29 is 4.79 Å². The van der Waals surface area contributed by atoms with Gasteiger partial charge >= 0.3 is 0 Å². The maximum Gasteiger partial charge on any atom is 0.277 e. The van der Waals surface area contributed by atoms with Crippen molar-refractivity contribution in [1.29, 1.82) is 0 Å². The number of hydrogen-bond donors (Lipinski definition) is 0. The molecule has 80 valence electrons. The fourth-order valence-electron chi connectivity index (χ4n) is 1.40. The Bertz CT molecular complexity index is 500. The zero-order valence-corrected chi connectivity index (χ0v) is 9.32. The van der Waals surface area contributed by atoms with Crippen LogP contribution in [0.1, 0.15) is 16.8 Å². The first-order valence-corrected chi connectivity index (χ1v) is 5.34. The van der Waals surface area contributed by atoms with Crippen molar-refractivity contribution in [3.8, 4) is 0 Å². The molecule has 0 atom stereocenters. The average molecular weight is 232 g/mol. The van der Waals surface area contributed by atoms with Gasteiger partial charge in [-0.15, -0.1) is 0 Å². The topological polar surface area (TPSA) is 29.4 Å². The van der Waals surface area contributed by atoms with Crippen LogP contribution in [0.2, 0.25) is 5.02 Å². The number of benzene rings is 1. The highest BCUT2D eigenvalue weighted by Gasteiger charge is 2.05. The minimum Gasteiger partial charge on any atom is -0.267 e. The van der Waals surface area contributed by atoms with E-state index < -0.39 is 0 Å². The highest BCUT2D eigenvalue weighted by atomic mass is 35.5. The Morgan fingerprint density at radius 3 is 2.88 bits per heavy atom. The Morgan fingerprint density at radius 2 is 2.19 bits per heavy atom. The van der Waals surface area contributed by atoms with Crippen molar-refractivity contribution >= 4 is 23.2 Å². The highest BCUT2D eigenvalue weighted by molar-refractivity contribution is 6.31. The van der Waals surface area contributed by atoms with E-state index in [0.29, 0.717) is 17.0 Å². The summed E-state index contributed by atoms with van der Waals surface area (Å²) in [5.41, 5.74) is 1.29. The van der Waals surface area contributed by atoms with Gasteiger partial charge in [-0.3, -0.25) is 4.79 Å². The van der Waals surface area contributed by atoms with Gasteiger partial charge in [0.2, 0.25) is 0 Å². The smallest absolute Gasteiger partial charge is 0.267 e. The monoisotopic (exact) mass is 231 g/mol. The van der Waals surface area contributed by atoms with Gasteiger partial charge in [-0.05, 0) is 24.3 Å². The van der Waals surface area contributed by atoms with Gasteiger partial charge in [0.05, 0.1) is 0 Å². The van der Waals surface area contributed by atoms with E-state index >= 15 is 0 Å². The van der Waals surface area contributed by atoms with Crippen molar-refractivity contribution in [2.24, 2.45) is 4.99 Å². The molecule has 2 rings (SSSR count). The second-order valence-corrected chi connectivity index (χ2v) is 3.85. The van der Waals surface area contributed by atoms with Crippen molar-refractivity contribution in [3.63, 3.8) is 0 Å². The first-order valence-electron chi connectivity index (χ1n) is 4.96. The molecule has 0 saturated heterocycles. The molecule has 0 spiro atoms. The summed E-state index contributed by atoms with van der Waals surface area (Å²) in [6.45, 7) is 0. The number of carbonyl (C=O) groups is 1. The molecule has 1 aromatic rings. The molecule has 0 bridgehead atoms. The summed E-state index contributed by atoms with van der Waals surface area (Å²) in [7, 11) is 0. The number of allylic oxidation sites excluding steroid dienone is 4. The highest BCUT2D eigenvalue weighted by Crippen LogP contribution is 2.12. The van der Waals surface area contributed by atoms with E-state index in [0.717, 1.165) is 5.71 Å². The quantitative estimate of drug-likeness (QED) is 0.728. The van der Waals surface area contributed by atoms with Crippen LogP contribution in [0.3, 0.4) is 0 Å². The molecule has 0 heterocycles. The largest absolute Gasteiger partial charge is 0.277 e. The van der Waals surface area contributed by atoms with Crippen molar-refractivity contribution in [1.82, 2.24) is 0 Å². The van der Waals surface area contributed by atoms with Gasteiger partial charge in [0, 0.05) is 22.7 Å². The van der Waals surface area contributed by atoms with Crippen LogP contribution in [0.15, 0.2) is 53.6 Å². The van der Waals surface area contributed by atoms with E-state index in [1.807, 2.05) is 24.3 Å². The predicted molar refractivity (Wildman–Crippen MR) is 66.1 cm³/mol. The average Bonchev–Trinajstić information content (AvgIpc) is 2.30. The van der Waals surface area contributed by atoms with Crippen LogP contribution >= 0.6 is 11.6 Å². The molecule has 3 heteroatoms. The zero-order chi connectivity index (χ0) is 11.4. The van der Waals surface area contributed by atoms with Gasteiger partial charge in [0.1, 0.15) is 0 Å². The number of hydrogen-bond acceptors (Lipinski definition) is 1. The molecule has 2 nitrogen and oxygen atoms in total. The van der Waals surface area contributed by atoms with E-state index in [4.69, 9.17) is 11.6 Å². The molecule has 0 aromatic heterocycles. The summed E-state index contributed by atoms with van der Waals surface area (Å²) in [6.07, 6.45) is 8.30. The van der Waals surface area contributed by atoms with Gasteiger partial charge in [0.25, 0.3) is 5.91 Å². The molecular weight excluding hydrogens is 222 g/mol. The molecule has 0 fully saturated rings. The third-order valence-corrected chi connectivity index (χ3v) is 2.41. The Labute approximate surface area is 99.0 Å². The third-order valence-electron chi connectivity index (χ3n) is 2.18. The lowest BCUT2D eigenvalue weighted by Gasteiger charge is -2.01. The molecule has 0 N–H and O–H groups in total. The predicted octanol–water partition coefficient (Wildman–Crippen LogP) is 3.44. The van der Waals surface area contributed by atoms with Crippen LogP contribution in [0.25, 0.3) is 0 Å². The molecule has 0 unspecified atom stereocenters. The normalized spacial score (nSPS) is 16.7.